The first-order valence-corrected chi connectivity index (χ1v) is 9.94. The first kappa shape index (κ1) is 17.5. The van der Waals surface area contributed by atoms with Crippen LogP contribution in [-0.4, -0.2) is 36.0 Å². The van der Waals surface area contributed by atoms with Crippen LogP contribution in [0.4, 0.5) is 5.69 Å². The zero-order valence-electron chi connectivity index (χ0n) is 14.2. The van der Waals surface area contributed by atoms with Crippen molar-refractivity contribution in [1.29, 1.82) is 0 Å². The lowest BCUT2D eigenvalue weighted by Crippen LogP contribution is -2.35. The molecule has 7 heteroatoms. The highest BCUT2D eigenvalue weighted by Gasteiger charge is 2.26. The minimum absolute atomic E-state index is 0.0376. The van der Waals surface area contributed by atoms with Crippen LogP contribution in [0, 0.1) is 0 Å². The number of anilines is 1. The quantitative estimate of drug-likeness (QED) is 0.868. The standard InChI is InChI=1S/C19H19ClN2O3S/c20-15-6-9-26-17(15)19(24)22-7-5-12-3-4-14(10-13(12)11-22)21-18(23)16-2-1-8-25-16/h3-4,6,9-10,16H,1-2,5,7-8,11H2,(H,21,23)/t16-/m1/s1. The zero-order valence-corrected chi connectivity index (χ0v) is 15.7. The molecular weight excluding hydrogens is 372 g/mol. The Morgan fingerprint density at radius 2 is 2.15 bits per heavy atom. The summed E-state index contributed by atoms with van der Waals surface area (Å²) in [5.41, 5.74) is 3.01. The molecule has 3 heterocycles. The molecule has 1 fully saturated rings. The molecule has 26 heavy (non-hydrogen) atoms. The summed E-state index contributed by atoms with van der Waals surface area (Å²) in [6, 6.07) is 7.65. The number of rotatable bonds is 3. The minimum Gasteiger partial charge on any atom is -0.368 e. The topological polar surface area (TPSA) is 58.6 Å². The molecule has 5 nitrogen and oxygen atoms in total. The monoisotopic (exact) mass is 390 g/mol. The van der Waals surface area contributed by atoms with Gasteiger partial charge in [-0.3, -0.25) is 9.59 Å². The molecule has 0 radical (unpaired) electrons. The first-order valence-electron chi connectivity index (χ1n) is 8.68. The van der Waals surface area contributed by atoms with E-state index in [9.17, 15) is 9.59 Å². The molecule has 0 saturated carbocycles. The van der Waals surface area contributed by atoms with Crippen molar-refractivity contribution in [2.75, 3.05) is 18.5 Å². The number of hydrogen-bond donors (Lipinski definition) is 1. The molecule has 0 unspecified atom stereocenters. The number of carbonyl (C=O) groups excluding carboxylic acids is 2. The van der Waals surface area contributed by atoms with Crippen molar-refractivity contribution in [1.82, 2.24) is 4.90 Å². The largest absolute Gasteiger partial charge is 0.368 e. The molecule has 1 N–H and O–H groups in total. The van der Waals surface area contributed by atoms with Gasteiger partial charge in [0.15, 0.2) is 0 Å². The molecule has 2 aliphatic rings. The second kappa shape index (κ2) is 7.39. The molecule has 1 saturated heterocycles. The molecule has 136 valence electrons. The third-order valence-corrected chi connectivity index (χ3v) is 6.14. The highest BCUT2D eigenvalue weighted by Crippen LogP contribution is 2.28. The maximum Gasteiger partial charge on any atom is 0.265 e. The lowest BCUT2D eigenvalue weighted by Gasteiger charge is -2.29. The van der Waals surface area contributed by atoms with E-state index >= 15 is 0 Å². The van der Waals surface area contributed by atoms with Crippen molar-refractivity contribution >= 4 is 40.4 Å². The van der Waals surface area contributed by atoms with E-state index in [1.165, 1.54) is 16.9 Å². The van der Waals surface area contributed by atoms with E-state index in [-0.39, 0.29) is 17.9 Å². The van der Waals surface area contributed by atoms with Crippen LogP contribution in [0.15, 0.2) is 29.6 Å². The molecule has 2 aromatic rings. The predicted octanol–water partition coefficient (Wildman–Crippen LogP) is 3.72. The average Bonchev–Trinajstić information content (AvgIpc) is 3.32. The first-order chi connectivity index (χ1) is 12.6. The maximum absolute atomic E-state index is 12.7. The Morgan fingerprint density at radius 1 is 1.27 bits per heavy atom. The second-order valence-electron chi connectivity index (χ2n) is 6.55. The summed E-state index contributed by atoms with van der Waals surface area (Å²) >= 11 is 7.47. The SMILES string of the molecule is O=C(Nc1ccc2c(c1)CN(C(=O)c1sccc1Cl)CC2)[C@H]1CCCO1. The van der Waals surface area contributed by atoms with Crippen LogP contribution in [0.1, 0.15) is 33.6 Å². The Balaban J connectivity index is 1.48. The van der Waals surface area contributed by atoms with Gasteiger partial charge >= 0.3 is 0 Å². The van der Waals surface area contributed by atoms with Crippen LogP contribution in [0.3, 0.4) is 0 Å². The van der Waals surface area contributed by atoms with Gasteiger partial charge in [0, 0.05) is 25.4 Å². The van der Waals surface area contributed by atoms with Crippen molar-refractivity contribution in [2.45, 2.75) is 31.9 Å². The van der Waals surface area contributed by atoms with Gasteiger partial charge in [0.05, 0.1) is 5.02 Å². The van der Waals surface area contributed by atoms with E-state index in [0.29, 0.717) is 29.6 Å². The number of benzene rings is 1. The number of halogens is 1. The molecule has 4 rings (SSSR count). The molecule has 1 aromatic heterocycles. The third-order valence-electron chi connectivity index (χ3n) is 4.81. The fourth-order valence-corrected chi connectivity index (χ4v) is 4.51. The van der Waals surface area contributed by atoms with E-state index in [4.69, 9.17) is 16.3 Å². The lowest BCUT2D eigenvalue weighted by molar-refractivity contribution is -0.124. The van der Waals surface area contributed by atoms with Gasteiger partial charge in [0.2, 0.25) is 0 Å². The second-order valence-corrected chi connectivity index (χ2v) is 7.87. The highest BCUT2D eigenvalue weighted by molar-refractivity contribution is 7.12. The number of amides is 2. The van der Waals surface area contributed by atoms with Crippen molar-refractivity contribution in [3.05, 3.63) is 50.7 Å². The predicted molar refractivity (Wildman–Crippen MR) is 102 cm³/mol. The Morgan fingerprint density at radius 3 is 2.88 bits per heavy atom. The Hall–Kier alpha value is -1.89. The smallest absolute Gasteiger partial charge is 0.265 e. The summed E-state index contributed by atoms with van der Waals surface area (Å²) in [6.07, 6.45) is 2.13. The number of fused-ring (bicyclic) bond motifs is 1. The lowest BCUT2D eigenvalue weighted by atomic mass is 9.98. The third kappa shape index (κ3) is 3.49. The summed E-state index contributed by atoms with van der Waals surface area (Å²) in [5.74, 6) is -0.138. The number of hydrogen-bond acceptors (Lipinski definition) is 4. The van der Waals surface area contributed by atoms with Gasteiger partial charge in [-0.2, -0.15) is 0 Å². The Bertz CT molecular complexity index is 845. The maximum atomic E-state index is 12.7. The molecule has 0 bridgehead atoms. The van der Waals surface area contributed by atoms with Crippen LogP contribution >= 0.6 is 22.9 Å². The molecule has 0 aliphatic carbocycles. The summed E-state index contributed by atoms with van der Waals surface area (Å²) < 4.78 is 5.42. The summed E-state index contributed by atoms with van der Waals surface area (Å²) in [7, 11) is 0. The van der Waals surface area contributed by atoms with Gasteiger partial charge < -0.3 is 15.0 Å². The average molecular weight is 391 g/mol. The number of ether oxygens (including phenoxy) is 1. The number of nitrogens with one attached hydrogen (secondary N) is 1. The Kier molecular flexibility index (Phi) is 4.98. The van der Waals surface area contributed by atoms with Crippen LogP contribution in [-0.2, 0) is 22.5 Å². The summed E-state index contributed by atoms with van der Waals surface area (Å²) in [4.78, 5) is 27.3. The van der Waals surface area contributed by atoms with Gasteiger partial charge in [-0.1, -0.05) is 17.7 Å². The van der Waals surface area contributed by atoms with Crippen molar-refractivity contribution in [3.63, 3.8) is 0 Å². The number of carbonyl (C=O) groups is 2. The van der Waals surface area contributed by atoms with Crippen molar-refractivity contribution in [3.8, 4) is 0 Å². The molecule has 1 aromatic carbocycles. The minimum atomic E-state index is -0.356. The van der Waals surface area contributed by atoms with Crippen LogP contribution in [0.25, 0.3) is 0 Å². The van der Waals surface area contributed by atoms with Gasteiger partial charge in [-0.05, 0) is 54.0 Å². The van der Waals surface area contributed by atoms with Crippen molar-refractivity contribution < 1.29 is 14.3 Å². The summed E-state index contributed by atoms with van der Waals surface area (Å²) in [6.45, 7) is 1.83. The van der Waals surface area contributed by atoms with Crippen molar-refractivity contribution in [2.24, 2.45) is 0 Å². The van der Waals surface area contributed by atoms with Gasteiger partial charge in [0.1, 0.15) is 11.0 Å². The zero-order chi connectivity index (χ0) is 18.1. The number of thiophene rings is 1. The van der Waals surface area contributed by atoms with E-state index in [1.807, 2.05) is 28.5 Å². The van der Waals surface area contributed by atoms with Crippen LogP contribution in [0.5, 0.6) is 0 Å². The molecular formula is C19H19ClN2O3S. The molecule has 0 spiro atoms. The van der Waals surface area contributed by atoms with Gasteiger partial charge in [-0.15, -0.1) is 11.3 Å². The fraction of sp³-hybridized carbons (Fsp3) is 0.368. The molecule has 2 aliphatic heterocycles. The van der Waals surface area contributed by atoms with E-state index in [0.717, 1.165) is 30.5 Å². The summed E-state index contributed by atoms with van der Waals surface area (Å²) in [5, 5.41) is 5.26. The van der Waals surface area contributed by atoms with Crippen LogP contribution in [0.2, 0.25) is 5.02 Å². The van der Waals surface area contributed by atoms with Gasteiger partial charge in [0.25, 0.3) is 11.8 Å². The highest BCUT2D eigenvalue weighted by atomic mass is 35.5. The van der Waals surface area contributed by atoms with E-state index in [1.54, 1.807) is 6.07 Å². The fourth-order valence-electron chi connectivity index (χ4n) is 3.41. The molecule has 2 amide bonds. The molecule has 1 atom stereocenters. The normalized spacial score (nSPS) is 19.3. The van der Waals surface area contributed by atoms with E-state index in [2.05, 4.69) is 5.32 Å². The Labute approximate surface area is 160 Å². The van der Waals surface area contributed by atoms with E-state index < -0.39 is 0 Å². The van der Waals surface area contributed by atoms with Gasteiger partial charge in [-0.25, -0.2) is 0 Å². The van der Waals surface area contributed by atoms with Crippen LogP contribution < -0.4 is 5.32 Å². The number of nitrogens with zero attached hydrogens (tertiary/aromatic N) is 1.